The number of hydrogen-bond donors (Lipinski definition) is 1. The summed E-state index contributed by atoms with van der Waals surface area (Å²) in [4.78, 5) is 0. The molecule has 0 saturated carbocycles. The third kappa shape index (κ3) is 2.68. The molecule has 0 fully saturated rings. The fraction of sp³-hybridized carbons (Fsp3) is 0.400. The molecule has 78 valence electrons. The summed E-state index contributed by atoms with van der Waals surface area (Å²) in [5, 5.41) is 0. The lowest BCUT2D eigenvalue weighted by Gasteiger charge is -2.09. The van der Waals surface area contributed by atoms with Crippen LogP contribution in [0.2, 0.25) is 0 Å². The highest BCUT2D eigenvalue weighted by Crippen LogP contribution is 2.20. The topological polar surface area (TPSA) is 44.5 Å². The summed E-state index contributed by atoms with van der Waals surface area (Å²) in [6.07, 6.45) is 0. The van der Waals surface area contributed by atoms with Crippen LogP contribution in [0, 0.1) is 5.82 Å². The highest BCUT2D eigenvalue weighted by Gasteiger charge is 2.07. The lowest BCUT2D eigenvalue weighted by atomic mass is 10.1. The molecule has 1 aromatic rings. The Kier molecular flexibility index (Phi) is 3.85. The van der Waals surface area contributed by atoms with Crippen molar-refractivity contribution in [3.05, 3.63) is 29.6 Å². The van der Waals surface area contributed by atoms with Gasteiger partial charge in [0.15, 0.2) is 6.79 Å². The Morgan fingerprint density at radius 2 is 2.21 bits per heavy atom. The molecule has 1 aromatic carbocycles. The van der Waals surface area contributed by atoms with Crippen molar-refractivity contribution in [2.24, 2.45) is 5.73 Å². The zero-order valence-electron chi connectivity index (χ0n) is 8.29. The average Bonchev–Trinajstić information content (AvgIpc) is 2.14. The highest BCUT2D eigenvalue weighted by atomic mass is 19.1. The van der Waals surface area contributed by atoms with E-state index in [9.17, 15) is 4.39 Å². The van der Waals surface area contributed by atoms with Crippen molar-refractivity contribution in [3.63, 3.8) is 0 Å². The minimum Gasteiger partial charge on any atom is -0.467 e. The molecule has 0 unspecified atom stereocenters. The first-order valence-corrected chi connectivity index (χ1v) is 4.32. The molecule has 0 amide bonds. The maximum atomic E-state index is 13.3. The van der Waals surface area contributed by atoms with E-state index < -0.39 is 0 Å². The fourth-order valence-corrected chi connectivity index (χ4v) is 1.09. The number of methoxy groups -OCH3 is 1. The van der Waals surface area contributed by atoms with Crippen LogP contribution in [0.5, 0.6) is 5.75 Å². The molecule has 0 aliphatic heterocycles. The Morgan fingerprint density at radius 3 is 2.71 bits per heavy atom. The summed E-state index contributed by atoms with van der Waals surface area (Å²) in [5.74, 6) is 0.0855. The van der Waals surface area contributed by atoms with E-state index in [-0.39, 0.29) is 18.7 Å². The van der Waals surface area contributed by atoms with E-state index >= 15 is 0 Å². The molecule has 0 aliphatic carbocycles. The van der Waals surface area contributed by atoms with Gasteiger partial charge in [0, 0.05) is 24.8 Å². The lowest BCUT2D eigenvalue weighted by Crippen LogP contribution is -2.07. The largest absolute Gasteiger partial charge is 0.467 e. The Bertz CT molecular complexity index is 302. The minimum atomic E-state index is -0.353. The van der Waals surface area contributed by atoms with E-state index in [1.165, 1.54) is 13.2 Å². The Labute approximate surface area is 82.6 Å². The molecular weight excluding hydrogens is 185 g/mol. The highest BCUT2D eigenvalue weighted by molar-refractivity contribution is 5.30. The summed E-state index contributed by atoms with van der Waals surface area (Å²) in [5.41, 5.74) is 6.04. The van der Waals surface area contributed by atoms with Crippen LogP contribution in [0.25, 0.3) is 0 Å². The number of benzene rings is 1. The van der Waals surface area contributed by atoms with Gasteiger partial charge in [-0.3, -0.25) is 0 Å². The van der Waals surface area contributed by atoms with Gasteiger partial charge in [-0.05, 0) is 13.0 Å². The molecule has 0 spiro atoms. The lowest BCUT2D eigenvalue weighted by molar-refractivity contribution is 0.0509. The van der Waals surface area contributed by atoms with Crippen LogP contribution in [0.1, 0.15) is 18.5 Å². The molecule has 0 aromatic heterocycles. The van der Waals surface area contributed by atoms with E-state index in [1.807, 2.05) is 0 Å². The van der Waals surface area contributed by atoms with Crippen LogP contribution in [-0.2, 0) is 4.74 Å². The summed E-state index contributed by atoms with van der Waals surface area (Å²) in [7, 11) is 1.51. The predicted octanol–water partition coefficient (Wildman–Crippen LogP) is 1.83. The molecule has 1 atom stereocenters. The van der Waals surface area contributed by atoms with Crippen LogP contribution in [0.15, 0.2) is 18.2 Å². The Morgan fingerprint density at radius 1 is 1.50 bits per heavy atom. The van der Waals surface area contributed by atoms with Gasteiger partial charge in [-0.2, -0.15) is 0 Å². The third-order valence-electron chi connectivity index (χ3n) is 1.81. The van der Waals surface area contributed by atoms with Gasteiger partial charge in [0.25, 0.3) is 0 Å². The Hall–Kier alpha value is -1.13. The molecule has 4 heteroatoms. The van der Waals surface area contributed by atoms with Crippen LogP contribution >= 0.6 is 0 Å². The van der Waals surface area contributed by atoms with Crippen molar-refractivity contribution in [1.82, 2.24) is 0 Å². The van der Waals surface area contributed by atoms with E-state index in [0.29, 0.717) is 11.3 Å². The second-order valence-corrected chi connectivity index (χ2v) is 3.02. The Balaban J connectivity index is 2.78. The van der Waals surface area contributed by atoms with Crippen LogP contribution in [-0.4, -0.2) is 13.9 Å². The monoisotopic (exact) mass is 199 g/mol. The first-order valence-electron chi connectivity index (χ1n) is 4.32. The number of hydrogen-bond acceptors (Lipinski definition) is 3. The fourth-order valence-electron chi connectivity index (χ4n) is 1.09. The first kappa shape index (κ1) is 10.9. The minimum absolute atomic E-state index is 0.108. The van der Waals surface area contributed by atoms with Crippen molar-refractivity contribution < 1.29 is 13.9 Å². The van der Waals surface area contributed by atoms with Crippen molar-refractivity contribution in [1.29, 1.82) is 0 Å². The zero-order chi connectivity index (χ0) is 10.6. The molecule has 0 radical (unpaired) electrons. The van der Waals surface area contributed by atoms with E-state index in [4.69, 9.17) is 15.2 Å². The quantitative estimate of drug-likeness (QED) is 0.752. The van der Waals surface area contributed by atoms with Crippen LogP contribution in [0.4, 0.5) is 4.39 Å². The average molecular weight is 199 g/mol. The molecule has 14 heavy (non-hydrogen) atoms. The number of ether oxygens (including phenoxy) is 2. The molecule has 0 bridgehead atoms. The van der Waals surface area contributed by atoms with Gasteiger partial charge in [0.1, 0.15) is 11.6 Å². The van der Waals surface area contributed by atoms with E-state index in [1.54, 1.807) is 19.1 Å². The standard InChI is InChI=1S/C10H14FNO2/c1-7(12)9-4-3-8(5-10(9)11)14-6-13-2/h3-5,7H,6,12H2,1-2H3/t7-/m0/s1. The van der Waals surface area contributed by atoms with E-state index in [0.717, 1.165) is 0 Å². The summed E-state index contributed by atoms with van der Waals surface area (Å²) in [6.45, 7) is 1.84. The van der Waals surface area contributed by atoms with Gasteiger partial charge in [0.2, 0.25) is 0 Å². The molecule has 3 nitrogen and oxygen atoms in total. The van der Waals surface area contributed by atoms with Crippen LogP contribution in [0.3, 0.4) is 0 Å². The zero-order valence-corrected chi connectivity index (χ0v) is 8.29. The smallest absolute Gasteiger partial charge is 0.188 e. The molecule has 2 N–H and O–H groups in total. The number of rotatable bonds is 4. The molecule has 0 aliphatic rings. The van der Waals surface area contributed by atoms with Crippen molar-refractivity contribution >= 4 is 0 Å². The van der Waals surface area contributed by atoms with Gasteiger partial charge >= 0.3 is 0 Å². The van der Waals surface area contributed by atoms with Gasteiger partial charge < -0.3 is 15.2 Å². The number of nitrogens with two attached hydrogens (primary N) is 1. The van der Waals surface area contributed by atoms with Gasteiger partial charge in [-0.15, -0.1) is 0 Å². The molecular formula is C10H14FNO2. The summed E-state index contributed by atoms with van der Waals surface area (Å²) in [6, 6.07) is 4.27. The van der Waals surface area contributed by atoms with Crippen molar-refractivity contribution in [2.45, 2.75) is 13.0 Å². The maximum Gasteiger partial charge on any atom is 0.188 e. The first-order chi connectivity index (χ1) is 6.65. The van der Waals surface area contributed by atoms with E-state index in [2.05, 4.69) is 0 Å². The van der Waals surface area contributed by atoms with Gasteiger partial charge in [-0.25, -0.2) is 4.39 Å². The van der Waals surface area contributed by atoms with Crippen molar-refractivity contribution in [3.8, 4) is 5.75 Å². The normalized spacial score (nSPS) is 12.6. The van der Waals surface area contributed by atoms with Gasteiger partial charge in [0.05, 0.1) is 0 Å². The SMILES string of the molecule is COCOc1ccc([C@H](C)N)c(F)c1. The molecule has 0 saturated heterocycles. The second-order valence-electron chi connectivity index (χ2n) is 3.02. The predicted molar refractivity (Wildman–Crippen MR) is 51.5 cm³/mol. The van der Waals surface area contributed by atoms with Crippen LogP contribution < -0.4 is 10.5 Å². The maximum absolute atomic E-state index is 13.3. The summed E-state index contributed by atoms with van der Waals surface area (Å²) >= 11 is 0. The molecule has 0 heterocycles. The molecule has 1 rings (SSSR count). The second kappa shape index (κ2) is 4.93. The third-order valence-corrected chi connectivity index (χ3v) is 1.81. The van der Waals surface area contributed by atoms with Gasteiger partial charge in [-0.1, -0.05) is 6.07 Å². The number of halogens is 1. The summed E-state index contributed by atoms with van der Waals surface area (Å²) < 4.78 is 23.1. The van der Waals surface area contributed by atoms with Crippen molar-refractivity contribution in [2.75, 3.05) is 13.9 Å².